The van der Waals surface area contributed by atoms with Gasteiger partial charge in [-0.2, -0.15) is 0 Å². The summed E-state index contributed by atoms with van der Waals surface area (Å²) < 4.78 is 0.835. The lowest BCUT2D eigenvalue weighted by Gasteiger charge is -2.30. The van der Waals surface area contributed by atoms with Crippen molar-refractivity contribution in [3.8, 4) is 0 Å². The zero-order valence-electron chi connectivity index (χ0n) is 13.5. The number of hydrogen-bond acceptors (Lipinski definition) is 6. The van der Waals surface area contributed by atoms with Crippen molar-refractivity contribution in [3.05, 3.63) is 63.1 Å². The Bertz CT molecular complexity index is 960. The third-order valence-electron chi connectivity index (χ3n) is 3.72. The van der Waals surface area contributed by atoms with Crippen LogP contribution in [0.5, 0.6) is 0 Å². The summed E-state index contributed by atoms with van der Waals surface area (Å²) in [5.74, 6) is -2.28. The van der Waals surface area contributed by atoms with E-state index in [0.717, 1.165) is 4.47 Å². The number of nitrogens with zero attached hydrogens (tertiary/aromatic N) is 3. The molecule has 1 saturated heterocycles. The van der Waals surface area contributed by atoms with Crippen molar-refractivity contribution in [3.63, 3.8) is 0 Å². The number of thiocarbonyl (C=S) groups is 1. The van der Waals surface area contributed by atoms with Gasteiger partial charge < -0.3 is 5.32 Å². The normalized spacial score (nSPS) is 17.3. The van der Waals surface area contributed by atoms with E-state index in [1.165, 1.54) is 35.4 Å². The second-order valence-electron chi connectivity index (χ2n) is 5.47. The number of carbonyl (C=O) groups excluding carboxylic acids is 2. The Balaban J connectivity index is 1.84. The first-order chi connectivity index (χ1) is 12.9. The van der Waals surface area contributed by atoms with Crippen LogP contribution in [0.25, 0.3) is 0 Å². The van der Waals surface area contributed by atoms with Crippen molar-refractivity contribution < 1.29 is 14.5 Å². The van der Waals surface area contributed by atoms with Gasteiger partial charge in [0.25, 0.3) is 11.6 Å². The third kappa shape index (κ3) is 4.07. The maximum atomic E-state index is 12.8. The molecule has 1 atom stereocenters. The van der Waals surface area contributed by atoms with Gasteiger partial charge >= 0.3 is 0 Å². The standard InChI is InChI=1S/C17H11BrN4O4S/c18-10-1-5-12(6-2-10)21-16(24)14(15(23)20-17(21)27)9-19-11-3-7-13(8-4-11)22(25)26/h1-9,14H,(H,20,23,27)/t14-/m0/s1. The van der Waals surface area contributed by atoms with E-state index in [4.69, 9.17) is 12.2 Å². The number of carbonyl (C=O) groups is 2. The van der Waals surface area contributed by atoms with Crippen LogP contribution in [0.2, 0.25) is 0 Å². The number of rotatable bonds is 4. The minimum Gasteiger partial charge on any atom is -0.301 e. The van der Waals surface area contributed by atoms with Crippen LogP contribution in [0.3, 0.4) is 0 Å². The maximum absolute atomic E-state index is 12.8. The molecule has 10 heteroatoms. The van der Waals surface area contributed by atoms with Crippen LogP contribution in [0, 0.1) is 16.0 Å². The maximum Gasteiger partial charge on any atom is 0.269 e. The number of nitro groups is 1. The van der Waals surface area contributed by atoms with Crippen molar-refractivity contribution in [2.75, 3.05) is 4.90 Å². The number of nitro benzene ring substituents is 1. The van der Waals surface area contributed by atoms with Crippen LogP contribution >= 0.6 is 28.1 Å². The van der Waals surface area contributed by atoms with Gasteiger partial charge in [0.1, 0.15) is 0 Å². The molecule has 27 heavy (non-hydrogen) atoms. The lowest BCUT2D eigenvalue weighted by atomic mass is 10.1. The number of non-ortho nitro benzene ring substituents is 1. The molecule has 2 aromatic carbocycles. The third-order valence-corrected chi connectivity index (χ3v) is 4.53. The van der Waals surface area contributed by atoms with Crippen molar-refractivity contribution in [1.82, 2.24) is 5.32 Å². The van der Waals surface area contributed by atoms with Crippen molar-refractivity contribution in [1.29, 1.82) is 0 Å². The van der Waals surface area contributed by atoms with Crippen LogP contribution in [0.4, 0.5) is 17.1 Å². The van der Waals surface area contributed by atoms with Gasteiger partial charge in [-0.25, -0.2) is 0 Å². The fourth-order valence-corrected chi connectivity index (χ4v) is 2.94. The SMILES string of the molecule is O=C1NC(=S)N(c2ccc(Br)cc2)C(=O)[C@H]1C=Nc1ccc([N+](=O)[O-])cc1. The highest BCUT2D eigenvalue weighted by atomic mass is 79.9. The number of amides is 2. The first-order valence-electron chi connectivity index (χ1n) is 7.60. The average molecular weight is 447 g/mol. The van der Waals surface area contributed by atoms with Gasteiger partial charge in [0.15, 0.2) is 11.0 Å². The molecule has 2 amide bonds. The Kier molecular flexibility index (Phi) is 5.38. The summed E-state index contributed by atoms with van der Waals surface area (Å²) in [4.78, 5) is 40.4. The van der Waals surface area contributed by atoms with E-state index in [9.17, 15) is 19.7 Å². The van der Waals surface area contributed by atoms with Gasteiger partial charge in [-0.3, -0.25) is 29.6 Å². The molecule has 1 N–H and O–H groups in total. The molecule has 2 aromatic rings. The number of hydrogen-bond donors (Lipinski definition) is 1. The van der Waals surface area contributed by atoms with Crippen molar-refractivity contribution in [2.24, 2.45) is 10.9 Å². The first kappa shape index (κ1) is 18.8. The van der Waals surface area contributed by atoms with Gasteiger partial charge in [-0.15, -0.1) is 0 Å². The molecule has 0 aromatic heterocycles. The van der Waals surface area contributed by atoms with Crippen LogP contribution in [0.1, 0.15) is 0 Å². The summed E-state index contributed by atoms with van der Waals surface area (Å²) in [5.41, 5.74) is 0.818. The lowest BCUT2D eigenvalue weighted by molar-refractivity contribution is -0.384. The van der Waals surface area contributed by atoms with E-state index in [1.54, 1.807) is 24.3 Å². The average Bonchev–Trinajstić information content (AvgIpc) is 2.63. The number of halogens is 1. The van der Waals surface area contributed by atoms with E-state index < -0.39 is 22.7 Å². The van der Waals surface area contributed by atoms with Gasteiger partial charge in [0, 0.05) is 22.8 Å². The molecular weight excluding hydrogens is 436 g/mol. The molecule has 1 aliphatic rings. The highest BCUT2D eigenvalue weighted by Crippen LogP contribution is 2.23. The minimum absolute atomic E-state index is 0.00712. The van der Waals surface area contributed by atoms with Gasteiger partial charge in [0.05, 0.1) is 16.3 Å². The van der Waals surface area contributed by atoms with Crippen molar-refractivity contribution >= 4 is 68.4 Å². The monoisotopic (exact) mass is 446 g/mol. The fraction of sp³-hybridized carbons (Fsp3) is 0.0588. The van der Waals surface area contributed by atoms with Crippen molar-refractivity contribution in [2.45, 2.75) is 0 Å². The predicted molar refractivity (Wildman–Crippen MR) is 107 cm³/mol. The second-order valence-corrected chi connectivity index (χ2v) is 6.78. The summed E-state index contributed by atoms with van der Waals surface area (Å²) in [6, 6.07) is 12.3. The van der Waals surface area contributed by atoms with E-state index in [2.05, 4.69) is 26.2 Å². The molecule has 1 heterocycles. The zero-order chi connectivity index (χ0) is 19.6. The first-order valence-corrected chi connectivity index (χ1v) is 8.80. The quantitative estimate of drug-likeness (QED) is 0.255. The number of anilines is 1. The number of benzene rings is 2. The highest BCUT2D eigenvalue weighted by molar-refractivity contribution is 9.10. The van der Waals surface area contributed by atoms with E-state index >= 15 is 0 Å². The van der Waals surface area contributed by atoms with Gasteiger partial charge in [-0.1, -0.05) is 15.9 Å². The Morgan fingerprint density at radius 3 is 2.37 bits per heavy atom. The Hall–Kier alpha value is -2.98. The summed E-state index contributed by atoms with van der Waals surface area (Å²) >= 11 is 8.43. The minimum atomic E-state index is -1.17. The Morgan fingerprint density at radius 2 is 1.78 bits per heavy atom. The highest BCUT2D eigenvalue weighted by Gasteiger charge is 2.38. The predicted octanol–water partition coefficient (Wildman–Crippen LogP) is 3.12. The molecule has 0 radical (unpaired) electrons. The van der Waals surface area contributed by atoms with Crippen LogP contribution < -0.4 is 10.2 Å². The number of nitrogens with one attached hydrogen (secondary N) is 1. The largest absolute Gasteiger partial charge is 0.301 e. The molecule has 0 bridgehead atoms. The zero-order valence-corrected chi connectivity index (χ0v) is 15.9. The van der Waals surface area contributed by atoms with E-state index in [1.807, 2.05) is 0 Å². The molecule has 3 rings (SSSR count). The smallest absolute Gasteiger partial charge is 0.269 e. The van der Waals surface area contributed by atoms with E-state index in [0.29, 0.717) is 11.4 Å². The van der Waals surface area contributed by atoms with Gasteiger partial charge in [0.2, 0.25) is 5.91 Å². The molecule has 1 fully saturated rings. The summed E-state index contributed by atoms with van der Waals surface area (Å²) in [5, 5.41) is 13.2. The van der Waals surface area contributed by atoms with Crippen LogP contribution in [-0.4, -0.2) is 28.1 Å². The molecule has 1 aliphatic heterocycles. The topological polar surface area (TPSA) is 105 Å². The van der Waals surface area contributed by atoms with Crippen LogP contribution in [0.15, 0.2) is 58.0 Å². The van der Waals surface area contributed by atoms with Gasteiger partial charge in [-0.05, 0) is 48.6 Å². The summed E-state index contributed by atoms with van der Waals surface area (Å²) in [6.45, 7) is 0. The molecular formula is C17H11BrN4O4S. The Labute approximate surface area is 167 Å². The fourth-order valence-electron chi connectivity index (χ4n) is 2.38. The number of aliphatic imine (C=N–C) groups is 1. The summed E-state index contributed by atoms with van der Waals surface area (Å²) in [6.07, 6.45) is 1.20. The molecule has 8 nitrogen and oxygen atoms in total. The summed E-state index contributed by atoms with van der Waals surface area (Å²) in [7, 11) is 0. The molecule has 136 valence electrons. The molecule has 0 spiro atoms. The molecule has 0 saturated carbocycles. The molecule has 0 unspecified atom stereocenters. The molecule has 0 aliphatic carbocycles. The second kappa shape index (κ2) is 7.72. The lowest BCUT2D eigenvalue weighted by Crippen LogP contribution is -2.58. The van der Waals surface area contributed by atoms with Crippen LogP contribution in [-0.2, 0) is 9.59 Å². The Morgan fingerprint density at radius 1 is 1.15 bits per heavy atom. The van der Waals surface area contributed by atoms with E-state index in [-0.39, 0.29) is 10.8 Å².